The lowest BCUT2D eigenvalue weighted by Gasteiger charge is -2.16. The van der Waals surface area contributed by atoms with Crippen molar-refractivity contribution in [3.63, 3.8) is 0 Å². The highest BCUT2D eigenvalue weighted by atomic mass is 16.3. The Morgan fingerprint density at radius 1 is 1.60 bits per heavy atom. The van der Waals surface area contributed by atoms with Gasteiger partial charge in [0.05, 0.1) is 12.7 Å². The summed E-state index contributed by atoms with van der Waals surface area (Å²) in [5.41, 5.74) is 0. The Morgan fingerprint density at radius 2 is 2.20 bits per heavy atom. The highest BCUT2D eigenvalue weighted by Gasteiger charge is 2.05. The fourth-order valence-electron chi connectivity index (χ4n) is 0.674. The van der Waals surface area contributed by atoms with Gasteiger partial charge in [0.15, 0.2) is 0 Å². The number of hydrogen-bond acceptors (Lipinski definition) is 3. The normalized spacial score (nSPS) is 14.1. The highest BCUT2D eigenvalue weighted by Crippen LogP contribution is 1.86. The zero-order valence-corrected chi connectivity index (χ0v) is 6.16. The van der Waals surface area contributed by atoms with Gasteiger partial charge in [-0.2, -0.15) is 0 Å². The van der Waals surface area contributed by atoms with E-state index in [0.29, 0.717) is 13.1 Å². The van der Waals surface area contributed by atoms with Gasteiger partial charge in [-0.3, -0.25) is 0 Å². The largest absolute Gasteiger partial charge is 0.395 e. The minimum atomic E-state index is -0.809. The summed E-state index contributed by atoms with van der Waals surface area (Å²) in [6.07, 6.45) is -0.809. The van der Waals surface area contributed by atoms with E-state index in [9.17, 15) is 5.11 Å². The second kappa shape index (κ2) is 5.61. The average molecular weight is 148 g/mol. The molecule has 0 aromatic carbocycles. The zero-order valence-electron chi connectivity index (χ0n) is 6.16. The van der Waals surface area contributed by atoms with Crippen molar-refractivity contribution in [1.82, 2.24) is 4.90 Å². The smallest absolute Gasteiger partial charge is 0.109 e. The van der Waals surface area contributed by atoms with Gasteiger partial charge in [-0.05, 0) is 7.05 Å². The first-order valence-electron chi connectivity index (χ1n) is 3.26. The van der Waals surface area contributed by atoms with Gasteiger partial charge in [0.1, 0.15) is 6.61 Å². The Balaban J connectivity index is 3.27. The topological polar surface area (TPSA) is 63.6 Å². The fourth-order valence-corrected chi connectivity index (χ4v) is 0.674. The van der Waals surface area contributed by atoms with Crippen molar-refractivity contribution >= 4 is 0 Å². The molecule has 0 heterocycles. The van der Waals surface area contributed by atoms with E-state index in [1.54, 1.807) is 11.9 Å². The van der Waals surface area contributed by atoms with Crippen molar-refractivity contribution in [2.75, 3.05) is 33.4 Å². The minimum absolute atomic E-state index is 0.0576. The number of nitrogens with zero attached hydrogens (tertiary/aromatic N) is 1. The molecule has 0 amide bonds. The van der Waals surface area contributed by atoms with Crippen molar-refractivity contribution in [3.05, 3.63) is 0 Å². The van der Waals surface area contributed by atoms with Crippen molar-refractivity contribution < 1.29 is 15.3 Å². The molecule has 1 unspecified atom stereocenters. The SMILES string of the molecule is CN(CCO)CC(O)C[O]. The van der Waals surface area contributed by atoms with Crippen LogP contribution in [0.1, 0.15) is 0 Å². The molecular formula is C6H14NO3. The van der Waals surface area contributed by atoms with Crippen LogP contribution in [0.3, 0.4) is 0 Å². The zero-order chi connectivity index (χ0) is 7.98. The minimum Gasteiger partial charge on any atom is -0.395 e. The van der Waals surface area contributed by atoms with Crippen molar-refractivity contribution in [1.29, 1.82) is 0 Å². The summed E-state index contributed by atoms with van der Waals surface area (Å²) in [5, 5.41) is 27.3. The van der Waals surface area contributed by atoms with Gasteiger partial charge in [0.25, 0.3) is 0 Å². The summed E-state index contributed by atoms with van der Waals surface area (Å²) in [7, 11) is 1.75. The first-order chi connectivity index (χ1) is 4.70. The molecule has 0 aliphatic heterocycles. The van der Waals surface area contributed by atoms with Gasteiger partial charge >= 0.3 is 0 Å². The van der Waals surface area contributed by atoms with Crippen LogP contribution in [-0.2, 0) is 5.11 Å². The molecule has 61 valence electrons. The summed E-state index contributed by atoms with van der Waals surface area (Å²) >= 11 is 0. The lowest BCUT2D eigenvalue weighted by Crippen LogP contribution is -2.32. The van der Waals surface area contributed by atoms with E-state index in [1.165, 1.54) is 0 Å². The summed E-state index contributed by atoms with van der Waals surface area (Å²) in [5.74, 6) is 0. The number of aliphatic hydroxyl groups excluding tert-OH is 2. The molecule has 4 heteroatoms. The molecule has 0 saturated heterocycles. The van der Waals surface area contributed by atoms with Crippen LogP contribution in [-0.4, -0.2) is 54.6 Å². The molecule has 0 aromatic heterocycles. The molecule has 0 aromatic rings. The number of rotatable bonds is 5. The summed E-state index contributed by atoms with van der Waals surface area (Å²) in [6, 6.07) is 0. The molecular weight excluding hydrogens is 134 g/mol. The Bertz CT molecular complexity index is 79.4. The highest BCUT2D eigenvalue weighted by molar-refractivity contribution is 4.58. The third-order valence-corrected chi connectivity index (χ3v) is 1.20. The van der Waals surface area contributed by atoms with Crippen molar-refractivity contribution in [2.24, 2.45) is 0 Å². The predicted octanol–water partition coefficient (Wildman–Crippen LogP) is -1.30. The van der Waals surface area contributed by atoms with E-state index in [1.807, 2.05) is 0 Å². The summed E-state index contributed by atoms with van der Waals surface area (Å²) < 4.78 is 0. The van der Waals surface area contributed by atoms with Gasteiger partial charge in [-0.15, -0.1) is 0 Å². The van der Waals surface area contributed by atoms with Crippen LogP contribution in [0.4, 0.5) is 0 Å². The first kappa shape index (κ1) is 9.84. The van der Waals surface area contributed by atoms with Crippen LogP contribution in [0, 0.1) is 0 Å². The molecule has 0 bridgehead atoms. The van der Waals surface area contributed by atoms with E-state index < -0.39 is 12.7 Å². The van der Waals surface area contributed by atoms with Crippen LogP contribution in [0.25, 0.3) is 0 Å². The molecule has 0 aliphatic carbocycles. The van der Waals surface area contributed by atoms with Crippen LogP contribution < -0.4 is 0 Å². The molecule has 0 spiro atoms. The Morgan fingerprint density at radius 3 is 2.60 bits per heavy atom. The molecule has 1 radical (unpaired) electrons. The third-order valence-electron chi connectivity index (χ3n) is 1.20. The standard InChI is InChI=1S/C6H14NO3/c1-7(2-3-8)4-6(10)5-9/h6,8,10H,2-5H2,1H3. The van der Waals surface area contributed by atoms with Crippen LogP contribution in [0.5, 0.6) is 0 Å². The van der Waals surface area contributed by atoms with Crippen LogP contribution in [0.2, 0.25) is 0 Å². The lowest BCUT2D eigenvalue weighted by molar-refractivity contribution is 0.0322. The van der Waals surface area contributed by atoms with Crippen LogP contribution >= 0.6 is 0 Å². The molecule has 0 rings (SSSR count). The number of aliphatic hydroxyl groups is 2. The summed E-state index contributed by atoms with van der Waals surface area (Å²) in [6.45, 7) is 0.416. The van der Waals surface area contributed by atoms with Gasteiger partial charge in [0.2, 0.25) is 0 Å². The predicted molar refractivity (Wildman–Crippen MR) is 36.1 cm³/mol. The van der Waals surface area contributed by atoms with Gasteiger partial charge in [-0.1, -0.05) is 0 Å². The monoisotopic (exact) mass is 148 g/mol. The van der Waals surface area contributed by atoms with Crippen molar-refractivity contribution in [3.8, 4) is 0 Å². The number of hydrogen-bond donors (Lipinski definition) is 2. The molecule has 0 saturated carbocycles. The van der Waals surface area contributed by atoms with Gasteiger partial charge < -0.3 is 15.1 Å². The van der Waals surface area contributed by atoms with E-state index in [4.69, 9.17) is 10.2 Å². The van der Waals surface area contributed by atoms with Gasteiger partial charge in [-0.25, -0.2) is 5.11 Å². The summed E-state index contributed by atoms with van der Waals surface area (Å²) in [4.78, 5) is 1.71. The maximum absolute atomic E-state index is 10.0. The molecule has 0 aliphatic rings. The quantitative estimate of drug-likeness (QED) is 0.509. The molecule has 4 nitrogen and oxygen atoms in total. The molecule has 0 fully saturated rings. The average Bonchev–Trinajstić information content (AvgIpc) is 1.88. The van der Waals surface area contributed by atoms with Crippen molar-refractivity contribution in [2.45, 2.75) is 6.10 Å². The number of likely N-dealkylation sites (N-methyl/N-ethyl adjacent to an activating group) is 1. The second-order valence-corrected chi connectivity index (χ2v) is 2.31. The molecule has 2 N–H and O–H groups in total. The third kappa shape index (κ3) is 4.69. The first-order valence-corrected chi connectivity index (χ1v) is 3.26. The fraction of sp³-hybridized carbons (Fsp3) is 1.00. The molecule has 1 atom stereocenters. The Labute approximate surface area is 60.7 Å². The second-order valence-electron chi connectivity index (χ2n) is 2.31. The van der Waals surface area contributed by atoms with E-state index >= 15 is 0 Å². The Hall–Kier alpha value is -0.160. The van der Waals surface area contributed by atoms with Crippen LogP contribution in [0.15, 0.2) is 0 Å². The maximum Gasteiger partial charge on any atom is 0.109 e. The van der Waals surface area contributed by atoms with Gasteiger partial charge in [0, 0.05) is 13.1 Å². The lowest BCUT2D eigenvalue weighted by atomic mass is 10.3. The van der Waals surface area contributed by atoms with E-state index in [0.717, 1.165) is 0 Å². The van der Waals surface area contributed by atoms with E-state index in [2.05, 4.69) is 0 Å². The Kier molecular flexibility index (Phi) is 5.52. The van der Waals surface area contributed by atoms with E-state index in [-0.39, 0.29) is 6.61 Å². The molecule has 10 heavy (non-hydrogen) atoms. The maximum atomic E-state index is 10.0.